The van der Waals surface area contributed by atoms with E-state index in [2.05, 4.69) is 23.4 Å². The quantitative estimate of drug-likeness (QED) is 0.857. The van der Waals surface area contributed by atoms with Crippen LogP contribution >= 0.6 is 0 Å². The van der Waals surface area contributed by atoms with Crippen LogP contribution in [0.25, 0.3) is 0 Å². The molecule has 0 fully saturated rings. The van der Waals surface area contributed by atoms with Crippen LogP contribution in [0.1, 0.15) is 18.9 Å². The Bertz CT molecular complexity index is 623. The van der Waals surface area contributed by atoms with Crippen molar-refractivity contribution in [1.29, 1.82) is 0 Å². The highest BCUT2D eigenvalue weighted by Gasteiger charge is 2.27. The summed E-state index contributed by atoms with van der Waals surface area (Å²) in [7, 11) is 0. The van der Waals surface area contributed by atoms with Gasteiger partial charge < -0.3 is 10.2 Å². The summed E-state index contributed by atoms with van der Waals surface area (Å²) in [5.74, 6) is 0.139. The van der Waals surface area contributed by atoms with Gasteiger partial charge in [-0.2, -0.15) is 5.10 Å². The van der Waals surface area contributed by atoms with E-state index in [0.29, 0.717) is 6.54 Å². The van der Waals surface area contributed by atoms with Gasteiger partial charge in [0.2, 0.25) is 5.91 Å². The van der Waals surface area contributed by atoms with E-state index in [1.165, 1.54) is 5.56 Å². The van der Waals surface area contributed by atoms with Crippen LogP contribution in [-0.4, -0.2) is 34.8 Å². The number of para-hydroxylation sites is 1. The van der Waals surface area contributed by atoms with Gasteiger partial charge in [0.15, 0.2) is 0 Å². The van der Waals surface area contributed by atoms with Gasteiger partial charge in [-0.3, -0.25) is 9.48 Å². The Hall–Kier alpha value is -2.14. The maximum absolute atomic E-state index is 12.6. The number of aryl methyl sites for hydroxylation is 1. The van der Waals surface area contributed by atoms with Gasteiger partial charge in [0.1, 0.15) is 0 Å². The molecule has 1 N–H and O–H groups in total. The zero-order chi connectivity index (χ0) is 15.4. The second kappa shape index (κ2) is 6.75. The molecule has 0 saturated carbocycles. The molecule has 1 aromatic carbocycles. The Morgan fingerprint density at radius 3 is 3.05 bits per heavy atom. The van der Waals surface area contributed by atoms with E-state index in [1.807, 2.05) is 40.0 Å². The average Bonchev–Trinajstić information content (AvgIpc) is 3.04. The van der Waals surface area contributed by atoms with E-state index in [0.717, 1.165) is 31.6 Å². The molecule has 22 heavy (non-hydrogen) atoms. The number of fused-ring (bicyclic) bond motifs is 1. The molecule has 0 saturated heterocycles. The van der Waals surface area contributed by atoms with Crippen molar-refractivity contribution >= 4 is 11.6 Å². The fraction of sp³-hybridized carbons (Fsp3) is 0.412. The second-order valence-electron chi connectivity index (χ2n) is 5.73. The maximum Gasteiger partial charge on any atom is 0.241 e. The van der Waals surface area contributed by atoms with E-state index < -0.39 is 0 Å². The molecule has 2 aromatic rings. The first kappa shape index (κ1) is 14.8. The van der Waals surface area contributed by atoms with Crippen molar-refractivity contribution in [2.75, 3.05) is 18.0 Å². The summed E-state index contributed by atoms with van der Waals surface area (Å²) in [5, 5.41) is 7.37. The highest BCUT2D eigenvalue weighted by atomic mass is 16.2. The van der Waals surface area contributed by atoms with Crippen LogP contribution < -0.4 is 10.2 Å². The third-order valence-electron chi connectivity index (χ3n) is 4.15. The molecule has 0 bridgehead atoms. The monoisotopic (exact) mass is 298 g/mol. The Labute approximate surface area is 130 Å². The molecule has 5 nitrogen and oxygen atoms in total. The minimum Gasteiger partial charge on any atom is -0.308 e. The predicted molar refractivity (Wildman–Crippen MR) is 86.8 cm³/mol. The molecule has 3 rings (SSSR count). The lowest BCUT2D eigenvalue weighted by atomic mass is 9.96. The third kappa shape index (κ3) is 3.20. The van der Waals surface area contributed by atoms with Crippen molar-refractivity contribution in [3.05, 3.63) is 48.3 Å². The van der Waals surface area contributed by atoms with Gasteiger partial charge in [-0.1, -0.05) is 18.2 Å². The highest BCUT2D eigenvalue weighted by Crippen LogP contribution is 2.30. The number of aromatic nitrogens is 2. The topological polar surface area (TPSA) is 50.2 Å². The lowest BCUT2D eigenvalue weighted by Crippen LogP contribution is -2.46. The smallest absolute Gasteiger partial charge is 0.241 e. The number of hydrogen-bond donors (Lipinski definition) is 1. The lowest BCUT2D eigenvalue weighted by molar-refractivity contribution is -0.118. The summed E-state index contributed by atoms with van der Waals surface area (Å²) in [6.07, 6.45) is 5.76. The zero-order valence-corrected chi connectivity index (χ0v) is 12.9. The van der Waals surface area contributed by atoms with Crippen LogP contribution in [0, 0.1) is 0 Å². The van der Waals surface area contributed by atoms with Gasteiger partial charge in [0.25, 0.3) is 0 Å². The molecule has 116 valence electrons. The summed E-state index contributed by atoms with van der Waals surface area (Å²) in [5.41, 5.74) is 2.34. The van der Waals surface area contributed by atoms with Crippen LogP contribution in [0.3, 0.4) is 0 Å². The molecular weight excluding hydrogens is 276 g/mol. The molecule has 1 amide bonds. The van der Waals surface area contributed by atoms with Crippen molar-refractivity contribution in [3.8, 4) is 0 Å². The molecule has 1 aliphatic rings. The number of nitrogens with zero attached hydrogens (tertiary/aromatic N) is 3. The Morgan fingerprint density at radius 2 is 2.23 bits per heavy atom. The largest absolute Gasteiger partial charge is 0.308 e. The summed E-state index contributed by atoms with van der Waals surface area (Å²) >= 11 is 0. The standard InChI is InChI=1S/C17H22N4O/c1-14-7-8-15-5-2-3-6-16(15)21(14)17(22)13-18-10-12-20-11-4-9-19-20/h2-6,9,11,14,18H,7-8,10,12-13H2,1H3/t14-/m1/s1. The molecule has 0 radical (unpaired) electrons. The van der Waals surface area contributed by atoms with Gasteiger partial charge in [0, 0.05) is 30.7 Å². The molecule has 1 aliphatic heterocycles. The van der Waals surface area contributed by atoms with E-state index in [4.69, 9.17) is 0 Å². The summed E-state index contributed by atoms with van der Waals surface area (Å²) in [4.78, 5) is 14.5. The zero-order valence-electron chi connectivity index (χ0n) is 12.9. The Kier molecular flexibility index (Phi) is 4.53. The van der Waals surface area contributed by atoms with Crippen LogP contribution in [0.5, 0.6) is 0 Å². The van der Waals surface area contributed by atoms with Crippen molar-refractivity contribution in [1.82, 2.24) is 15.1 Å². The maximum atomic E-state index is 12.6. The second-order valence-corrected chi connectivity index (χ2v) is 5.73. The van der Waals surface area contributed by atoms with Gasteiger partial charge in [-0.15, -0.1) is 0 Å². The molecule has 1 aromatic heterocycles. The van der Waals surface area contributed by atoms with E-state index >= 15 is 0 Å². The average molecular weight is 298 g/mol. The molecule has 1 atom stereocenters. The number of carbonyl (C=O) groups excluding carboxylic acids is 1. The number of nitrogens with one attached hydrogen (secondary N) is 1. The van der Waals surface area contributed by atoms with Gasteiger partial charge in [0.05, 0.1) is 13.1 Å². The number of benzene rings is 1. The third-order valence-corrected chi connectivity index (χ3v) is 4.15. The van der Waals surface area contributed by atoms with E-state index in [-0.39, 0.29) is 11.9 Å². The summed E-state index contributed by atoms with van der Waals surface area (Å²) in [6.45, 7) is 3.99. The fourth-order valence-corrected chi connectivity index (χ4v) is 2.98. The number of carbonyl (C=O) groups is 1. The van der Waals surface area contributed by atoms with Gasteiger partial charge >= 0.3 is 0 Å². The Balaban J connectivity index is 1.57. The lowest BCUT2D eigenvalue weighted by Gasteiger charge is -2.35. The van der Waals surface area contributed by atoms with E-state index in [9.17, 15) is 4.79 Å². The Morgan fingerprint density at radius 1 is 1.36 bits per heavy atom. The molecule has 0 unspecified atom stereocenters. The van der Waals surface area contributed by atoms with Crippen LogP contribution in [0.2, 0.25) is 0 Å². The number of rotatable bonds is 5. The van der Waals surface area contributed by atoms with Gasteiger partial charge in [-0.05, 0) is 37.5 Å². The molecule has 0 spiro atoms. The first-order chi connectivity index (χ1) is 10.8. The van der Waals surface area contributed by atoms with Gasteiger partial charge in [-0.25, -0.2) is 0 Å². The summed E-state index contributed by atoms with van der Waals surface area (Å²) < 4.78 is 1.86. The van der Waals surface area contributed by atoms with Crippen LogP contribution in [-0.2, 0) is 17.8 Å². The molecule has 5 heteroatoms. The first-order valence-corrected chi connectivity index (χ1v) is 7.84. The molecule has 0 aliphatic carbocycles. The number of hydrogen-bond acceptors (Lipinski definition) is 3. The molecule has 2 heterocycles. The predicted octanol–water partition coefficient (Wildman–Crippen LogP) is 1.84. The summed E-state index contributed by atoms with van der Waals surface area (Å²) in [6, 6.07) is 10.4. The minimum absolute atomic E-state index is 0.139. The van der Waals surface area contributed by atoms with Crippen LogP contribution in [0.15, 0.2) is 42.7 Å². The first-order valence-electron chi connectivity index (χ1n) is 7.84. The van der Waals surface area contributed by atoms with Crippen molar-refractivity contribution in [2.45, 2.75) is 32.4 Å². The number of amides is 1. The highest BCUT2D eigenvalue weighted by molar-refractivity contribution is 5.96. The van der Waals surface area contributed by atoms with Crippen molar-refractivity contribution < 1.29 is 4.79 Å². The minimum atomic E-state index is 0.139. The van der Waals surface area contributed by atoms with Crippen molar-refractivity contribution in [2.24, 2.45) is 0 Å². The van der Waals surface area contributed by atoms with Crippen LogP contribution in [0.4, 0.5) is 5.69 Å². The fourth-order valence-electron chi connectivity index (χ4n) is 2.98. The normalized spacial score (nSPS) is 17.3. The van der Waals surface area contributed by atoms with E-state index in [1.54, 1.807) is 6.20 Å². The molecular formula is C17H22N4O. The number of anilines is 1. The SMILES string of the molecule is C[C@@H]1CCc2ccccc2N1C(=O)CNCCn1cccn1. The van der Waals surface area contributed by atoms with Crippen molar-refractivity contribution in [3.63, 3.8) is 0 Å².